The van der Waals surface area contributed by atoms with Gasteiger partial charge in [0.25, 0.3) is 0 Å². The first-order valence-electron chi connectivity index (χ1n) is 9.54. The predicted octanol–water partition coefficient (Wildman–Crippen LogP) is 5.47. The number of halogens is 4. The number of carbonyl (C=O) groups excluding carboxylic acids is 2. The van der Waals surface area contributed by atoms with Gasteiger partial charge in [0.15, 0.2) is 0 Å². The smallest absolute Gasteiger partial charge is 0.410 e. The highest BCUT2D eigenvalue weighted by atomic mass is 127. The third-order valence-electron chi connectivity index (χ3n) is 5.85. The summed E-state index contributed by atoms with van der Waals surface area (Å²) < 4.78 is 9.85. The van der Waals surface area contributed by atoms with E-state index in [1.54, 1.807) is 4.90 Å². The molecule has 3 rings (SSSR count). The lowest BCUT2D eigenvalue weighted by molar-refractivity contribution is -0.150. The van der Waals surface area contributed by atoms with Crippen molar-refractivity contribution in [3.63, 3.8) is 0 Å². The van der Waals surface area contributed by atoms with Crippen LogP contribution in [0.4, 0.5) is 4.79 Å². The molecule has 2 heterocycles. The van der Waals surface area contributed by atoms with E-state index in [-0.39, 0.29) is 30.6 Å². The molecule has 0 saturated carbocycles. The minimum Gasteiger partial charge on any atom is -0.469 e. The van der Waals surface area contributed by atoms with Gasteiger partial charge in [0.05, 0.1) is 13.0 Å². The van der Waals surface area contributed by atoms with Gasteiger partial charge in [-0.15, -0.1) is 0 Å². The fourth-order valence-electron chi connectivity index (χ4n) is 4.59. The second kappa shape index (κ2) is 9.37. The average molecular weight is 575 g/mol. The van der Waals surface area contributed by atoms with E-state index in [9.17, 15) is 9.59 Å². The molecular formula is C20H23Cl3INO4. The molecule has 2 bridgehead atoms. The van der Waals surface area contributed by atoms with E-state index in [0.29, 0.717) is 12.8 Å². The second-order valence-electron chi connectivity index (χ2n) is 7.47. The highest BCUT2D eigenvalue weighted by molar-refractivity contribution is 14.1. The van der Waals surface area contributed by atoms with Crippen LogP contribution in [-0.2, 0) is 20.7 Å². The van der Waals surface area contributed by atoms with Gasteiger partial charge in [0.2, 0.25) is 3.79 Å². The Morgan fingerprint density at radius 1 is 1.28 bits per heavy atom. The molecule has 9 heteroatoms. The van der Waals surface area contributed by atoms with E-state index < -0.39 is 15.8 Å². The number of rotatable bonds is 4. The van der Waals surface area contributed by atoms with Crippen molar-refractivity contribution in [1.82, 2.24) is 4.90 Å². The van der Waals surface area contributed by atoms with E-state index in [4.69, 9.17) is 44.3 Å². The molecule has 2 fully saturated rings. The number of methoxy groups -OCH3 is 1. The van der Waals surface area contributed by atoms with Crippen molar-refractivity contribution < 1.29 is 19.1 Å². The fraction of sp³-hybridized carbons (Fsp3) is 0.600. The summed E-state index contributed by atoms with van der Waals surface area (Å²) in [4.78, 5) is 27.1. The van der Waals surface area contributed by atoms with Crippen LogP contribution in [0.1, 0.15) is 43.2 Å². The van der Waals surface area contributed by atoms with Gasteiger partial charge < -0.3 is 14.4 Å². The van der Waals surface area contributed by atoms with E-state index in [1.807, 2.05) is 0 Å². The second-order valence-corrected chi connectivity index (χ2v) is 11.1. The van der Waals surface area contributed by atoms with Crippen LogP contribution in [0, 0.1) is 9.49 Å². The number of ether oxygens (including phenoxy) is 2. The zero-order valence-electron chi connectivity index (χ0n) is 16.2. The highest BCUT2D eigenvalue weighted by Gasteiger charge is 2.53. The topological polar surface area (TPSA) is 55.8 Å². The number of nitrogens with zero attached hydrogens (tertiary/aromatic N) is 1. The van der Waals surface area contributed by atoms with Gasteiger partial charge in [-0.3, -0.25) is 4.79 Å². The molecule has 2 saturated heterocycles. The van der Waals surface area contributed by atoms with Crippen molar-refractivity contribution in [1.29, 1.82) is 0 Å². The molecule has 1 aromatic rings. The average Bonchev–Trinajstić information content (AvgIpc) is 2.98. The standard InChI is InChI=1S/C20H23Cl3INO4/c1-3-11-4-5-12(8-15(11)24)14-9-13-6-7-16(17(14)18(26)28-2)25(13)19(27)29-10-20(21,22)23/h4-5,8,13-14,16-17H,3,6-7,9-10H2,1-2H3/t13-,14+,16+,17-/m0/s1. The normalized spacial score (nSPS) is 26.3. The molecule has 160 valence electrons. The maximum atomic E-state index is 12.8. The Labute approximate surface area is 199 Å². The largest absolute Gasteiger partial charge is 0.469 e. The van der Waals surface area contributed by atoms with Crippen LogP contribution in [0.15, 0.2) is 18.2 Å². The van der Waals surface area contributed by atoms with E-state index in [0.717, 1.165) is 18.4 Å². The number of esters is 1. The molecule has 0 aromatic heterocycles. The summed E-state index contributed by atoms with van der Waals surface area (Å²) >= 11 is 19.5. The summed E-state index contributed by atoms with van der Waals surface area (Å²) in [5.74, 6) is -0.784. The van der Waals surface area contributed by atoms with E-state index in [2.05, 4.69) is 47.7 Å². The molecule has 2 aliphatic rings. The van der Waals surface area contributed by atoms with Crippen LogP contribution in [-0.4, -0.2) is 46.6 Å². The number of amides is 1. The summed E-state index contributed by atoms with van der Waals surface area (Å²) in [6.45, 7) is 1.78. The molecular weight excluding hydrogens is 551 g/mol. The first-order valence-corrected chi connectivity index (χ1v) is 11.8. The summed E-state index contributed by atoms with van der Waals surface area (Å²) in [5, 5.41) is 0. The number of benzene rings is 1. The number of alkyl halides is 3. The van der Waals surface area contributed by atoms with Crippen LogP contribution < -0.4 is 0 Å². The van der Waals surface area contributed by atoms with Crippen molar-refractivity contribution in [2.45, 2.75) is 54.4 Å². The molecule has 2 aliphatic heterocycles. The minimum atomic E-state index is -1.67. The van der Waals surface area contributed by atoms with Gasteiger partial charge in [-0.05, 0) is 65.5 Å². The van der Waals surface area contributed by atoms with E-state index in [1.165, 1.54) is 16.2 Å². The van der Waals surface area contributed by atoms with Crippen LogP contribution in [0.5, 0.6) is 0 Å². The Balaban J connectivity index is 1.88. The zero-order valence-corrected chi connectivity index (χ0v) is 20.6. The van der Waals surface area contributed by atoms with Crippen LogP contribution in [0.2, 0.25) is 0 Å². The quantitative estimate of drug-likeness (QED) is 0.272. The van der Waals surface area contributed by atoms with Crippen LogP contribution in [0.3, 0.4) is 0 Å². The first-order chi connectivity index (χ1) is 13.7. The molecule has 0 aliphatic carbocycles. The van der Waals surface area contributed by atoms with Crippen molar-refractivity contribution in [2.24, 2.45) is 5.92 Å². The van der Waals surface area contributed by atoms with Gasteiger partial charge in [0.1, 0.15) is 6.61 Å². The number of piperidine rings is 1. The molecule has 0 unspecified atom stereocenters. The Morgan fingerprint density at radius 3 is 2.59 bits per heavy atom. The van der Waals surface area contributed by atoms with Gasteiger partial charge >= 0.3 is 12.1 Å². The maximum absolute atomic E-state index is 12.8. The summed E-state index contributed by atoms with van der Waals surface area (Å²) in [5.41, 5.74) is 2.38. The molecule has 1 amide bonds. The molecule has 0 N–H and O–H groups in total. The third kappa shape index (κ3) is 5.08. The van der Waals surface area contributed by atoms with Crippen molar-refractivity contribution in [3.05, 3.63) is 32.9 Å². The van der Waals surface area contributed by atoms with Gasteiger partial charge in [-0.25, -0.2) is 4.79 Å². The van der Waals surface area contributed by atoms with Crippen LogP contribution in [0.25, 0.3) is 0 Å². The number of hydrogen-bond donors (Lipinski definition) is 0. The molecule has 4 atom stereocenters. The summed E-state index contributed by atoms with van der Waals surface area (Å²) in [7, 11) is 1.38. The molecule has 5 nitrogen and oxygen atoms in total. The third-order valence-corrected chi connectivity index (χ3v) is 7.18. The zero-order chi connectivity index (χ0) is 21.3. The highest BCUT2D eigenvalue weighted by Crippen LogP contribution is 2.48. The molecule has 0 radical (unpaired) electrons. The van der Waals surface area contributed by atoms with Gasteiger partial charge in [-0.2, -0.15) is 0 Å². The lowest BCUT2D eigenvalue weighted by Crippen LogP contribution is -2.53. The lowest BCUT2D eigenvalue weighted by Gasteiger charge is -2.43. The van der Waals surface area contributed by atoms with Gasteiger partial charge in [-0.1, -0.05) is 53.9 Å². The summed E-state index contributed by atoms with van der Waals surface area (Å²) in [6.07, 6.45) is 2.60. The lowest BCUT2D eigenvalue weighted by atomic mass is 9.76. The predicted molar refractivity (Wildman–Crippen MR) is 122 cm³/mol. The molecule has 29 heavy (non-hydrogen) atoms. The number of aryl methyl sites for hydroxylation is 1. The van der Waals surface area contributed by atoms with Crippen molar-refractivity contribution in [3.8, 4) is 0 Å². The fourth-order valence-corrected chi connectivity index (χ4v) is 5.67. The molecule has 1 aromatic carbocycles. The number of hydrogen-bond acceptors (Lipinski definition) is 4. The van der Waals surface area contributed by atoms with Crippen LogP contribution >= 0.6 is 57.4 Å². The SMILES string of the molecule is CCc1ccc([C@H]2C[C@@H]3CC[C@H]([C@H]2C(=O)OC)N3C(=O)OCC(Cl)(Cl)Cl)cc1I. The summed E-state index contributed by atoms with van der Waals surface area (Å²) in [6, 6.07) is 6.05. The van der Waals surface area contributed by atoms with Gasteiger partial charge in [0, 0.05) is 21.6 Å². The Bertz CT molecular complexity index is 785. The van der Waals surface area contributed by atoms with E-state index >= 15 is 0 Å². The number of carbonyl (C=O) groups is 2. The van der Waals surface area contributed by atoms with Crippen molar-refractivity contribution >= 4 is 69.5 Å². The Hall–Kier alpha value is -0.440. The molecule has 0 spiro atoms. The first kappa shape index (κ1) is 23.2. The minimum absolute atomic E-state index is 0.0164. The Kier molecular flexibility index (Phi) is 7.50. The maximum Gasteiger partial charge on any atom is 0.410 e. The monoisotopic (exact) mass is 573 g/mol. The van der Waals surface area contributed by atoms with Crippen molar-refractivity contribution in [2.75, 3.05) is 13.7 Å². The Morgan fingerprint density at radius 2 is 2.00 bits per heavy atom. The number of fused-ring (bicyclic) bond motifs is 2.